The van der Waals surface area contributed by atoms with Crippen LogP contribution in [0.15, 0.2) is 30.5 Å². The maximum atomic E-state index is 12.4. The maximum absolute atomic E-state index is 12.4. The molecule has 0 unspecified atom stereocenters. The maximum Gasteiger partial charge on any atom is 0.276 e. The minimum absolute atomic E-state index is 0.0265. The van der Waals surface area contributed by atoms with Crippen LogP contribution in [0, 0.1) is 0 Å². The summed E-state index contributed by atoms with van der Waals surface area (Å²) < 4.78 is 7.11. The van der Waals surface area contributed by atoms with E-state index in [1.165, 1.54) is 5.56 Å². The second-order valence-corrected chi connectivity index (χ2v) is 7.82. The van der Waals surface area contributed by atoms with Gasteiger partial charge in [0.25, 0.3) is 5.91 Å². The molecule has 1 aliphatic carbocycles. The Bertz CT molecular complexity index is 774. The lowest BCUT2D eigenvalue weighted by Crippen LogP contribution is -2.33. The van der Waals surface area contributed by atoms with Crippen molar-refractivity contribution in [3.63, 3.8) is 0 Å². The summed E-state index contributed by atoms with van der Waals surface area (Å²) in [6.45, 7) is 2.56. The summed E-state index contributed by atoms with van der Waals surface area (Å²) >= 11 is 0. The molecule has 7 nitrogen and oxygen atoms in total. The summed E-state index contributed by atoms with van der Waals surface area (Å²) in [6, 6.07) is 9.07. The number of nitrogens with zero attached hydrogens (tertiary/aromatic N) is 4. The van der Waals surface area contributed by atoms with E-state index in [0.29, 0.717) is 17.8 Å². The van der Waals surface area contributed by atoms with Crippen molar-refractivity contribution < 1.29 is 9.53 Å². The van der Waals surface area contributed by atoms with E-state index in [1.54, 1.807) is 7.11 Å². The smallest absolute Gasteiger partial charge is 0.276 e. The molecule has 2 fully saturated rings. The number of aromatic nitrogens is 3. The highest BCUT2D eigenvalue weighted by Crippen LogP contribution is 2.28. The van der Waals surface area contributed by atoms with Crippen LogP contribution in [0.3, 0.4) is 0 Å². The largest absolute Gasteiger partial charge is 0.497 e. The van der Waals surface area contributed by atoms with Gasteiger partial charge in [-0.3, -0.25) is 4.79 Å². The first kappa shape index (κ1) is 18.9. The fraction of sp³-hybridized carbons (Fsp3) is 0.571. The highest BCUT2D eigenvalue weighted by Gasteiger charge is 2.26. The number of carbonyl (C=O) groups is 1. The zero-order valence-electron chi connectivity index (χ0n) is 16.5. The first-order chi connectivity index (χ1) is 13.7. The van der Waals surface area contributed by atoms with E-state index in [9.17, 15) is 4.79 Å². The van der Waals surface area contributed by atoms with Crippen molar-refractivity contribution in [2.45, 2.75) is 57.2 Å². The molecule has 0 radical (unpaired) electrons. The molecule has 2 heterocycles. The Morgan fingerprint density at radius 3 is 2.54 bits per heavy atom. The fourth-order valence-electron chi connectivity index (χ4n) is 4.19. The lowest BCUT2D eigenvalue weighted by Gasteiger charge is -2.29. The molecular weight excluding hydrogens is 354 g/mol. The van der Waals surface area contributed by atoms with Gasteiger partial charge in [-0.2, -0.15) is 0 Å². The van der Waals surface area contributed by atoms with E-state index in [4.69, 9.17) is 4.74 Å². The van der Waals surface area contributed by atoms with Gasteiger partial charge in [-0.15, -0.1) is 5.10 Å². The molecule has 1 saturated heterocycles. The molecule has 4 rings (SSSR count). The molecule has 1 saturated carbocycles. The number of hydrogen-bond acceptors (Lipinski definition) is 5. The summed E-state index contributed by atoms with van der Waals surface area (Å²) in [4.78, 5) is 14.3. The van der Waals surface area contributed by atoms with Gasteiger partial charge in [0.15, 0.2) is 5.69 Å². The SMILES string of the molecule is COc1ccc(CNC2CCC(n3cc(C(=O)N4CCCC4)nn3)CC2)cc1. The third-order valence-electron chi connectivity index (χ3n) is 5.95. The summed E-state index contributed by atoms with van der Waals surface area (Å²) in [5.74, 6) is 0.915. The van der Waals surface area contributed by atoms with Crippen LogP contribution < -0.4 is 10.1 Å². The second-order valence-electron chi connectivity index (χ2n) is 7.82. The molecule has 1 N–H and O–H groups in total. The van der Waals surface area contributed by atoms with Gasteiger partial charge in [0.2, 0.25) is 0 Å². The van der Waals surface area contributed by atoms with E-state index in [2.05, 4.69) is 27.8 Å². The van der Waals surface area contributed by atoms with Crippen molar-refractivity contribution in [2.75, 3.05) is 20.2 Å². The van der Waals surface area contributed by atoms with E-state index >= 15 is 0 Å². The molecule has 0 atom stereocenters. The van der Waals surface area contributed by atoms with Crippen LogP contribution >= 0.6 is 0 Å². The molecule has 0 bridgehead atoms. The highest BCUT2D eigenvalue weighted by atomic mass is 16.5. The van der Waals surface area contributed by atoms with E-state index in [-0.39, 0.29) is 5.91 Å². The van der Waals surface area contributed by atoms with Crippen molar-refractivity contribution >= 4 is 5.91 Å². The lowest BCUT2D eigenvalue weighted by atomic mass is 9.91. The van der Waals surface area contributed by atoms with Crippen molar-refractivity contribution in [1.82, 2.24) is 25.2 Å². The Morgan fingerprint density at radius 1 is 1.14 bits per heavy atom. The van der Waals surface area contributed by atoms with Crippen molar-refractivity contribution in [1.29, 1.82) is 0 Å². The van der Waals surface area contributed by atoms with Crippen molar-refractivity contribution in [3.05, 3.63) is 41.7 Å². The van der Waals surface area contributed by atoms with Crippen LogP contribution in [-0.4, -0.2) is 52.0 Å². The lowest BCUT2D eigenvalue weighted by molar-refractivity contribution is 0.0787. The predicted molar refractivity (Wildman–Crippen MR) is 106 cm³/mol. The van der Waals surface area contributed by atoms with Crippen LogP contribution in [-0.2, 0) is 6.54 Å². The molecular formula is C21H29N5O2. The zero-order chi connectivity index (χ0) is 19.3. The van der Waals surface area contributed by atoms with E-state index < -0.39 is 0 Å². The second kappa shape index (κ2) is 8.73. The van der Waals surface area contributed by atoms with Crippen LogP contribution in [0.5, 0.6) is 5.75 Å². The summed E-state index contributed by atoms with van der Waals surface area (Å²) in [7, 11) is 1.69. The Hall–Kier alpha value is -2.41. The topological polar surface area (TPSA) is 72.3 Å². The summed E-state index contributed by atoms with van der Waals surface area (Å²) in [6.07, 6.45) is 8.35. The number of hydrogen-bond donors (Lipinski definition) is 1. The average molecular weight is 383 g/mol. The van der Waals surface area contributed by atoms with Crippen LogP contribution in [0.2, 0.25) is 0 Å². The number of carbonyl (C=O) groups excluding carboxylic acids is 1. The number of benzene rings is 1. The normalized spacial score (nSPS) is 22.4. The summed E-state index contributed by atoms with van der Waals surface area (Å²) in [5.41, 5.74) is 1.76. The zero-order valence-corrected chi connectivity index (χ0v) is 16.5. The molecule has 1 aliphatic heterocycles. The minimum atomic E-state index is 0.0265. The first-order valence-electron chi connectivity index (χ1n) is 10.3. The number of nitrogens with one attached hydrogen (secondary N) is 1. The number of methoxy groups -OCH3 is 1. The number of ether oxygens (including phenoxy) is 1. The molecule has 0 spiro atoms. The highest BCUT2D eigenvalue weighted by molar-refractivity contribution is 5.92. The van der Waals surface area contributed by atoms with E-state index in [1.807, 2.05) is 27.9 Å². The van der Waals surface area contributed by atoms with E-state index in [0.717, 1.165) is 63.9 Å². The fourth-order valence-corrected chi connectivity index (χ4v) is 4.19. The molecule has 1 aromatic heterocycles. The Kier molecular flexibility index (Phi) is 5.90. The molecule has 150 valence electrons. The first-order valence-corrected chi connectivity index (χ1v) is 10.3. The molecule has 2 aromatic rings. The van der Waals surface area contributed by atoms with Gasteiger partial charge in [0, 0.05) is 25.7 Å². The van der Waals surface area contributed by atoms with Crippen LogP contribution in [0.25, 0.3) is 0 Å². The molecule has 7 heteroatoms. The predicted octanol–water partition coefficient (Wildman–Crippen LogP) is 2.80. The van der Waals surface area contributed by atoms with Crippen molar-refractivity contribution in [2.24, 2.45) is 0 Å². The Balaban J connectivity index is 1.25. The van der Waals surface area contributed by atoms with Gasteiger partial charge in [-0.1, -0.05) is 17.3 Å². The third-order valence-corrected chi connectivity index (χ3v) is 5.95. The quantitative estimate of drug-likeness (QED) is 0.830. The van der Waals surface area contributed by atoms with Gasteiger partial charge in [0.05, 0.1) is 19.3 Å². The average Bonchev–Trinajstić information content (AvgIpc) is 3.45. The number of likely N-dealkylation sites (tertiary alicyclic amines) is 1. The molecule has 1 amide bonds. The molecule has 1 aromatic carbocycles. The molecule has 28 heavy (non-hydrogen) atoms. The van der Waals surface area contributed by atoms with Crippen LogP contribution in [0.4, 0.5) is 0 Å². The number of rotatable bonds is 6. The standard InChI is InChI=1S/C21H29N5O2/c1-28-19-10-4-16(5-11-19)14-22-17-6-8-18(9-7-17)26-15-20(23-24-26)21(27)25-12-2-3-13-25/h4-5,10-11,15,17-18,22H,2-3,6-9,12-14H2,1H3. The summed E-state index contributed by atoms with van der Waals surface area (Å²) in [5, 5.41) is 12.1. The van der Waals surface area contributed by atoms with Gasteiger partial charge < -0.3 is 15.0 Å². The third kappa shape index (κ3) is 4.35. The van der Waals surface area contributed by atoms with Gasteiger partial charge in [-0.05, 0) is 56.2 Å². The Morgan fingerprint density at radius 2 is 1.86 bits per heavy atom. The Labute approximate surface area is 166 Å². The molecule has 2 aliphatic rings. The monoisotopic (exact) mass is 383 g/mol. The van der Waals surface area contributed by atoms with Gasteiger partial charge in [-0.25, -0.2) is 4.68 Å². The minimum Gasteiger partial charge on any atom is -0.497 e. The van der Waals surface area contributed by atoms with Gasteiger partial charge >= 0.3 is 0 Å². The van der Waals surface area contributed by atoms with Crippen molar-refractivity contribution in [3.8, 4) is 5.75 Å². The van der Waals surface area contributed by atoms with Gasteiger partial charge in [0.1, 0.15) is 5.75 Å². The van der Waals surface area contributed by atoms with Crippen LogP contribution in [0.1, 0.15) is 60.6 Å². The number of amides is 1.